The summed E-state index contributed by atoms with van der Waals surface area (Å²) >= 11 is 0. The number of nitrogens with two attached hydrogens (primary N) is 1. The highest BCUT2D eigenvalue weighted by Gasteiger charge is 2.19. The molecule has 0 spiro atoms. The Labute approximate surface area is 99.3 Å². The van der Waals surface area contributed by atoms with Crippen molar-refractivity contribution in [1.82, 2.24) is 0 Å². The zero-order valence-corrected chi connectivity index (χ0v) is 9.61. The highest BCUT2D eigenvalue weighted by Crippen LogP contribution is 2.25. The Morgan fingerprint density at radius 1 is 1.47 bits per heavy atom. The van der Waals surface area contributed by atoms with Gasteiger partial charge in [-0.3, -0.25) is 0 Å². The molecular weight excluding hydrogens is 220 g/mol. The lowest BCUT2D eigenvalue weighted by atomic mass is 9.99. The summed E-state index contributed by atoms with van der Waals surface area (Å²) in [7, 11) is 0. The largest absolute Gasteiger partial charge is 0.398 e. The van der Waals surface area contributed by atoms with Gasteiger partial charge in [-0.25, -0.2) is 0 Å². The summed E-state index contributed by atoms with van der Waals surface area (Å²) in [4.78, 5) is 2.58. The second kappa shape index (κ2) is 6.10. The smallest absolute Gasteiger partial charge is 0.107 e. The molecule has 0 aliphatic carbocycles. The van der Waals surface area contributed by atoms with E-state index in [1.54, 1.807) is 12.1 Å². The lowest BCUT2D eigenvalue weighted by Gasteiger charge is -2.19. The quantitative estimate of drug-likeness (QED) is 0.312. The van der Waals surface area contributed by atoms with E-state index in [-0.39, 0.29) is 13.0 Å². The van der Waals surface area contributed by atoms with Gasteiger partial charge < -0.3 is 15.9 Å². The molecule has 4 N–H and O–H groups in total. The fraction of sp³-hybridized carbons (Fsp3) is 0.455. The minimum atomic E-state index is -1.07. The number of aliphatic hydroxyl groups excluding tert-OH is 2. The Balaban J connectivity index is 2.76. The summed E-state index contributed by atoms with van der Waals surface area (Å²) in [6.07, 6.45) is -1.87. The average molecular weight is 236 g/mol. The van der Waals surface area contributed by atoms with Gasteiger partial charge in [0.2, 0.25) is 0 Å². The third-order valence-electron chi connectivity index (χ3n) is 2.51. The number of nitrogen functional groups attached to an aromatic ring is 1. The first-order chi connectivity index (χ1) is 8.06. The molecule has 0 aliphatic rings. The molecule has 0 heterocycles. The van der Waals surface area contributed by atoms with Crippen molar-refractivity contribution in [2.24, 2.45) is 5.11 Å². The fourth-order valence-electron chi connectivity index (χ4n) is 1.55. The van der Waals surface area contributed by atoms with Gasteiger partial charge in [0, 0.05) is 22.7 Å². The predicted molar refractivity (Wildman–Crippen MR) is 65.2 cm³/mol. The third kappa shape index (κ3) is 3.64. The molecule has 1 rings (SSSR count). The van der Waals surface area contributed by atoms with Crippen LogP contribution in [0.4, 0.5) is 5.69 Å². The van der Waals surface area contributed by atoms with E-state index in [4.69, 9.17) is 11.3 Å². The first-order valence-corrected chi connectivity index (χ1v) is 5.29. The maximum atomic E-state index is 9.93. The summed E-state index contributed by atoms with van der Waals surface area (Å²) in [5.41, 5.74) is 15.7. The molecule has 0 radical (unpaired) electrons. The third-order valence-corrected chi connectivity index (χ3v) is 2.51. The minimum Gasteiger partial charge on any atom is -0.398 e. The van der Waals surface area contributed by atoms with Crippen LogP contribution in [0.5, 0.6) is 0 Å². The summed E-state index contributed by atoms with van der Waals surface area (Å²) < 4.78 is 0. The van der Waals surface area contributed by atoms with Gasteiger partial charge in [-0.15, -0.1) is 0 Å². The molecule has 1 aromatic carbocycles. The van der Waals surface area contributed by atoms with Gasteiger partial charge in [0.1, 0.15) is 6.10 Å². The number of aryl methyl sites for hydroxylation is 1. The van der Waals surface area contributed by atoms with Gasteiger partial charge in [0.05, 0.1) is 6.10 Å². The monoisotopic (exact) mass is 236 g/mol. The molecular formula is C11H16N4O2. The van der Waals surface area contributed by atoms with Crippen molar-refractivity contribution >= 4 is 5.69 Å². The Kier molecular flexibility index (Phi) is 4.78. The van der Waals surface area contributed by atoms with Crippen molar-refractivity contribution in [3.8, 4) is 0 Å². The standard InChI is InChI=1S/C11H16N4O2/c1-7-2-3-9(12)8(6-7)11(17)10(16)4-5-14-15-13/h2-3,6,10-11,16-17H,4-5,12H2,1H3. The lowest BCUT2D eigenvalue weighted by Crippen LogP contribution is -2.20. The highest BCUT2D eigenvalue weighted by molar-refractivity contribution is 5.49. The maximum Gasteiger partial charge on any atom is 0.107 e. The van der Waals surface area contributed by atoms with Gasteiger partial charge in [-0.2, -0.15) is 0 Å². The molecule has 92 valence electrons. The minimum absolute atomic E-state index is 0.139. The Bertz CT molecular complexity index is 429. The van der Waals surface area contributed by atoms with E-state index < -0.39 is 12.2 Å². The van der Waals surface area contributed by atoms with Crippen LogP contribution in [0, 0.1) is 6.92 Å². The molecule has 2 unspecified atom stereocenters. The molecule has 6 nitrogen and oxygen atoms in total. The molecule has 2 atom stereocenters. The van der Waals surface area contributed by atoms with E-state index in [0.29, 0.717) is 11.3 Å². The van der Waals surface area contributed by atoms with E-state index in [1.165, 1.54) is 0 Å². The molecule has 6 heteroatoms. The number of benzene rings is 1. The lowest BCUT2D eigenvalue weighted by molar-refractivity contribution is 0.0154. The van der Waals surface area contributed by atoms with Crippen LogP contribution >= 0.6 is 0 Å². The molecule has 0 bridgehead atoms. The van der Waals surface area contributed by atoms with Crippen LogP contribution in [0.15, 0.2) is 23.3 Å². The van der Waals surface area contributed by atoms with Crippen molar-refractivity contribution in [3.63, 3.8) is 0 Å². The maximum absolute atomic E-state index is 9.93. The summed E-state index contributed by atoms with van der Waals surface area (Å²) in [5, 5.41) is 23.0. The first kappa shape index (κ1) is 13.3. The van der Waals surface area contributed by atoms with E-state index in [2.05, 4.69) is 10.0 Å². The van der Waals surface area contributed by atoms with E-state index in [0.717, 1.165) is 5.56 Å². The van der Waals surface area contributed by atoms with Crippen molar-refractivity contribution < 1.29 is 10.2 Å². The van der Waals surface area contributed by atoms with Gasteiger partial charge in [0.15, 0.2) is 0 Å². The number of anilines is 1. The number of hydrogen-bond donors (Lipinski definition) is 3. The SMILES string of the molecule is Cc1ccc(N)c(C(O)C(O)CCN=[N+]=[N-])c1. The Hall–Kier alpha value is -1.75. The number of azide groups is 1. The normalized spacial score (nSPS) is 13.8. The molecule has 0 aliphatic heterocycles. The zero-order valence-electron chi connectivity index (χ0n) is 9.61. The Morgan fingerprint density at radius 3 is 2.82 bits per heavy atom. The number of rotatable bonds is 5. The van der Waals surface area contributed by atoms with Crippen LogP contribution in [-0.2, 0) is 0 Å². The first-order valence-electron chi connectivity index (χ1n) is 5.29. The molecule has 1 aromatic rings. The van der Waals surface area contributed by atoms with Gasteiger partial charge in [0.25, 0.3) is 0 Å². The van der Waals surface area contributed by atoms with Crippen LogP contribution in [0.3, 0.4) is 0 Å². The van der Waals surface area contributed by atoms with Crippen molar-refractivity contribution in [1.29, 1.82) is 0 Å². The molecule has 0 fully saturated rings. The zero-order chi connectivity index (χ0) is 12.8. The second-order valence-electron chi connectivity index (χ2n) is 3.89. The second-order valence-corrected chi connectivity index (χ2v) is 3.89. The fourth-order valence-corrected chi connectivity index (χ4v) is 1.55. The van der Waals surface area contributed by atoms with Gasteiger partial charge in [-0.05, 0) is 24.9 Å². The molecule has 17 heavy (non-hydrogen) atoms. The van der Waals surface area contributed by atoms with Crippen LogP contribution in [0.2, 0.25) is 0 Å². The summed E-state index contributed by atoms with van der Waals surface area (Å²) in [6, 6.07) is 5.25. The predicted octanol–water partition coefficient (Wildman–Crippen LogP) is 1.67. The van der Waals surface area contributed by atoms with Crippen LogP contribution < -0.4 is 5.73 Å². The van der Waals surface area contributed by atoms with E-state index in [1.807, 2.05) is 13.0 Å². The average Bonchev–Trinajstić information content (AvgIpc) is 2.31. The molecule has 0 aromatic heterocycles. The molecule has 0 saturated heterocycles. The van der Waals surface area contributed by atoms with Crippen LogP contribution in [0.25, 0.3) is 10.4 Å². The molecule has 0 saturated carbocycles. The number of nitrogens with zero attached hydrogens (tertiary/aromatic N) is 3. The topological polar surface area (TPSA) is 115 Å². The highest BCUT2D eigenvalue weighted by atomic mass is 16.3. The van der Waals surface area contributed by atoms with Crippen molar-refractivity contribution in [3.05, 3.63) is 39.8 Å². The van der Waals surface area contributed by atoms with Crippen molar-refractivity contribution in [2.75, 3.05) is 12.3 Å². The van der Waals surface area contributed by atoms with E-state index in [9.17, 15) is 10.2 Å². The number of aliphatic hydroxyl groups is 2. The van der Waals surface area contributed by atoms with Gasteiger partial charge >= 0.3 is 0 Å². The van der Waals surface area contributed by atoms with Crippen LogP contribution in [0.1, 0.15) is 23.7 Å². The van der Waals surface area contributed by atoms with Crippen LogP contribution in [-0.4, -0.2) is 22.9 Å². The van der Waals surface area contributed by atoms with Gasteiger partial charge in [-0.1, -0.05) is 22.8 Å². The molecule has 0 amide bonds. The Morgan fingerprint density at radius 2 is 2.18 bits per heavy atom. The summed E-state index contributed by atoms with van der Waals surface area (Å²) in [5.74, 6) is 0. The van der Waals surface area contributed by atoms with E-state index >= 15 is 0 Å². The summed E-state index contributed by atoms with van der Waals surface area (Å²) in [6.45, 7) is 2.02. The number of hydrogen-bond acceptors (Lipinski definition) is 4. The van der Waals surface area contributed by atoms with Crippen molar-refractivity contribution in [2.45, 2.75) is 25.6 Å².